The molecule has 0 aliphatic carbocycles. The molecule has 0 radical (unpaired) electrons. The second kappa shape index (κ2) is 6.54. The Bertz CT molecular complexity index is 982. The summed E-state index contributed by atoms with van der Waals surface area (Å²) in [5, 5.41) is 7.08. The van der Waals surface area contributed by atoms with Crippen LogP contribution >= 0.6 is 0 Å². The van der Waals surface area contributed by atoms with Crippen LogP contribution in [0.4, 0.5) is 0 Å². The zero-order valence-corrected chi connectivity index (χ0v) is 15.2. The largest absolute Gasteiger partial charge is 0.464 e. The lowest BCUT2D eigenvalue weighted by Gasteiger charge is -2.38. The standard InChI is InChI=1S/C23H21N3O/c1-2-16-9-11-17(12-10-16)23-26-21(19-7-3-4-8-22(19)27-23)14-20(25-26)18-6-5-13-24-15-18/h3-13,15,21,23H,2,14H2,1H3/t21-,23+/m1/s1. The lowest BCUT2D eigenvalue weighted by atomic mass is 9.96. The first-order valence-corrected chi connectivity index (χ1v) is 9.44. The molecule has 2 aromatic carbocycles. The van der Waals surface area contributed by atoms with Crippen LogP contribution in [-0.4, -0.2) is 15.7 Å². The summed E-state index contributed by atoms with van der Waals surface area (Å²) in [6.07, 6.45) is 5.35. The van der Waals surface area contributed by atoms with Gasteiger partial charge in [-0.05, 0) is 24.1 Å². The van der Waals surface area contributed by atoms with E-state index >= 15 is 0 Å². The van der Waals surface area contributed by atoms with Gasteiger partial charge in [0, 0.05) is 35.5 Å². The summed E-state index contributed by atoms with van der Waals surface area (Å²) in [5.41, 5.74) is 5.78. The van der Waals surface area contributed by atoms with Crippen molar-refractivity contribution in [2.45, 2.75) is 32.0 Å². The Morgan fingerprint density at radius 3 is 2.67 bits per heavy atom. The smallest absolute Gasteiger partial charge is 0.213 e. The number of hydrogen-bond acceptors (Lipinski definition) is 4. The van der Waals surface area contributed by atoms with Crippen molar-refractivity contribution in [2.75, 3.05) is 0 Å². The van der Waals surface area contributed by atoms with Gasteiger partial charge < -0.3 is 4.74 Å². The molecule has 1 aromatic heterocycles. The third-order valence-electron chi connectivity index (χ3n) is 5.37. The summed E-state index contributed by atoms with van der Waals surface area (Å²) in [4.78, 5) is 4.26. The van der Waals surface area contributed by atoms with Gasteiger partial charge in [0.2, 0.25) is 6.23 Å². The number of ether oxygens (including phenoxy) is 1. The van der Waals surface area contributed by atoms with Crippen molar-refractivity contribution in [3.05, 3.63) is 95.3 Å². The number of aryl methyl sites for hydroxylation is 1. The number of hydrazone groups is 1. The topological polar surface area (TPSA) is 37.7 Å². The summed E-state index contributed by atoms with van der Waals surface area (Å²) < 4.78 is 6.39. The quantitative estimate of drug-likeness (QED) is 0.671. The van der Waals surface area contributed by atoms with Crippen LogP contribution in [0, 0.1) is 0 Å². The van der Waals surface area contributed by atoms with Gasteiger partial charge in [-0.1, -0.05) is 55.5 Å². The minimum Gasteiger partial charge on any atom is -0.464 e. The zero-order valence-electron chi connectivity index (χ0n) is 15.2. The molecule has 0 fully saturated rings. The predicted octanol–water partition coefficient (Wildman–Crippen LogP) is 4.89. The molecule has 0 bridgehead atoms. The van der Waals surface area contributed by atoms with E-state index in [-0.39, 0.29) is 12.3 Å². The molecule has 134 valence electrons. The molecule has 0 saturated heterocycles. The van der Waals surface area contributed by atoms with Crippen LogP contribution < -0.4 is 4.74 Å². The van der Waals surface area contributed by atoms with Crippen LogP contribution in [0.3, 0.4) is 0 Å². The van der Waals surface area contributed by atoms with Crippen LogP contribution in [0.25, 0.3) is 0 Å². The lowest BCUT2D eigenvalue weighted by molar-refractivity contribution is -0.0190. The summed E-state index contributed by atoms with van der Waals surface area (Å²) in [7, 11) is 0. The van der Waals surface area contributed by atoms with Gasteiger partial charge in [0.25, 0.3) is 0 Å². The summed E-state index contributed by atoms with van der Waals surface area (Å²) in [6, 6.07) is 21.2. The van der Waals surface area contributed by atoms with Gasteiger partial charge in [-0.15, -0.1) is 0 Å². The predicted molar refractivity (Wildman–Crippen MR) is 106 cm³/mol. The van der Waals surface area contributed by atoms with E-state index in [0.29, 0.717) is 0 Å². The molecular weight excluding hydrogens is 334 g/mol. The minimum atomic E-state index is -0.218. The van der Waals surface area contributed by atoms with Gasteiger partial charge >= 0.3 is 0 Å². The molecule has 0 amide bonds. The highest BCUT2D eigenvalue weighted by Crippen LogP contribution is 2.47. The molecule has 3 aromatic rings. The van der Waals surface area contributed by atoms with Gasteiger partial charge in [0.1, 0.15) is 5.75 Å². The number of para-hydroxylation sites is 1. The van der Waals surface area contributed by atoms with Crippen LogP contribution in [0.1, 0.15) is 47.9 Å². The minimum absolute atomic E-state index is 0.181. The van der Waals surface area contributed by atoms with Crippen LogP contribution in [-0.2, 0) is 6.42 Å². The van der Waals surface area contributed by atoms with Crippen LogP contribution in [0.2, 0.25) is 0 Å². The van der Waals surface area contributed by atoms with Crippen molar-refractivity contribution in [3.63, 3.8) is 0 Å². The number of rotatable bonds is 3. The van der Waals surface area contributed by atoms with E-state index in [9.17, 15) is 0 Å². The molecule has 2 atom stereocenters. The first kappa shape index (κ1) is 16.1. The fourth-order valence-electron chi connectivity index (χ4n) is 3.88. The van der Waals surface area contributed by atoms with E-state index < -0.39 is 0 Å². The Labute approximate surface area is 159 Å². The maximum Gasteiger partial charge on any atom is 0.213 e. The summed E-state index contributed by atoms with van der Waals surface area (Å²) in [5.74, 6) is 0.950. The van der Waals surface area contributed by atoms with Gasteiger partial charge in [-0.25, -0.2) is 5.01 Å². The fourth-order valence-corrected chi connectivity index (χ4v) is 3.88. The maximum absolute atomic E-state index is 6.39. The molecule has 2 aliphatic rings. The van der Waals surface area contributed by atoms with Crippen molar-refractivity contribution in [1.82, 2.24) is 9.99 Å². The van der Waals surface area contributed by atoms with Crippen molar-refractivity contribution in [3.8, 4) is 5.75 Å². The van der Waals surface area contributed by atoms with Crippen LogP contribution in [0.15, 0.2) is 78.2 Å². The van der Waals surface area contributed by atoms with Crippen molar-refractivity contribution < 1.29 is 4.74 Å². The van der Waals surface area contributed by atoms with E-state index in [4.69, 9.17) is 9.84 Å². The Balaban J connectivity index is 1.57. The summed E-state index contributed by atoms with van der Waals surface area (Å²) >= 11 is 0. The van der Waals surface area contributed by atoms with Gasteiger partial charge in [-0.2, -0.15) is 5.10 Å². The Morgan fingerprint density at radius 2 is 1.89 bits per heavy atom. The molecule has 3 heterocycles. The molecule has 27 heavy (non-hydrogen) atoms. The zero-order chi connectivity index (χ0) is 18.2. The van der Waals surface area contributed by atoms with E-state index in [1.165, 1.54) is 11.1 Å². The molecule has 0 N–H and O–H groups in total. The average molecular weight is 355 g/mol. The van der Waals surface area contributed by atoms with Crippen molar-refractivity contribution >= 4 is 5.71 Å². The van der Waals surface area contributed by atoms with E-state index in [2.05, 4.69) is 65.4 Å². The second-order valence-electron chi connectivity index (χ2n) is 6.99. The molecule has 5 rings (SSSR count). The highest BCUT2D eigenvalue weighted by atomic mass is 16.5. The Kier molecular flexibility index (Phi) is 3.89. The number of aromatic nitrogens is 1. The first-order valence-electron chi connectivity index (χ1n) is 9.44. The monoisotopic (exact) mass is 355 g/mol. The average Bonchev–Trinajstić information content (AvgIpc) is 3.20. The number of hydrogen-bond donors (Lipinski definition) is 0. The SMILES string of the molecule is CCc1ccc([C@@H]2Oc3ccccc3[C@H]3CC(c4cccnc4)=NN32)cc1. The van der Waals surface area contributed by atoms with Crippen LogP contribution in [0.5, 0.6) is 5.75 Å². The van der Waals surface area contributed by atoms with Crippen molar-refractivity contribution in [1.29, 1.82) is 0 Å². The van der Waals surface area contributed by atoms with E-state index in [1.54, 1.807) is 6.20 Å². The molecule has 0 spiro atoms. The normalized spacial score (nSPS) is 20.5. The lowest BCUT2D eigenvalue weighted by Crippen LogP contribution is -2.33. The highest BCUT2D eigenvalue weighted by molar-refractivity contribution is 6.01. The molecule has 0 unspecified atom stereocenters. The number of fused-ring (bicyclic) bond motifs is 3. The van der Waals surface area contributed by atoms with Gasteiger partial charge in [0.05, 0.1) is 11.8 Å². The van der Waals surface area contributed by atoms with E-state index in [0.717, 1.165) is 35.4 Å². The molecule has 4 heteroatoms. The highest BCUT2D eigenvalue weighted by Gasteiger charge is 2.40. The Hall–Kier alpha value is -3.14. The number of pyridine rings is 1. The number of benzene rings is 2. The third-order valence-corrected chi connectivity index (χ3v) is 5.37. The second-order valence-corrected chi connectivity index (χ2v) is 6.99. The fraction of sp³-hybridized carbons (Fsp3) is 0.217. The Morgan fingerprint density at radius 1 is 1.04 bits per heavy atom. The molecule has 0 saturated carbocycles. The summed E-state index contributed by atoms with van der Waals surface area (Å²) in [6.45, 7) is 2.17. The van der Waals surface area contributed by atoms with Gasteiger partial charge in [-0.3, -0.25) is 4.98 Å². The molecule has 2 aliphatic heterocycles. The van der Waals surface area contributed by atoms with Crippen molar-refractivity contribution in [2.24, 2.45) is 5.10 Å². The maximum atomic E-state index is 6.39. The molecule has 4 nitrogen and oxygen atoms in total. The third kappa shape index (κ3) is 2.78. The number of nitrogens with zero attached hydrogens (tertiary/aromatic N) is 3. The molecular formula is C23H21N3O. The van der Waals surface area contributed by atoms with Gasteiger partial charge in [0.15, 0.2) is 0 Å². The first-order chi connectivity index (χ1) is 13.3. The van der Waals surface area contributed by atoms with E-state index in [1.807, 2.05) is 18.3 Å².